The number of anilines is 2. The first-order valence-electron chi connectivity index (χ1n) is 6.35. The van der Waals surface area contributed by atoms with Gasteiger partial charge in [-0.15, -0.1) is 0 Å². The van der Waals surface area contributed by atoms with E-state index >= 15 is 0 Å². The highest BCUT2D eigenvalue weighted by molar-refractivity contribution is 5.59. The first kappa shape index (κ1) is 10.0. The fourth-order valence-electron chi connectivity index (χ4n) is 3.42. The van der Waals surface area contributed by atoms with Gasteiger partial charge in [-0.3, -0.25) is 0 Å². The first-order valence-corrected chi connectivity index (χ1v) is 6.35. The Labute approximate surface area is 97.2 Å². The van der Waals surface area contributed by atoms with Crippen LogP contribution in [-0.4, -0.2) is 6.04 Å². The Morgan fingerprint density at radius 1 is 1.25 bits per heavy atom. The summed E-state index contributed by atoms with van der Waals surface area (Å²) in [6.07, 6.45) is 5.68. The predicted octanol–water partition coefficient (Wildman–Crippen LogP) is 3.18. The van der Waals surface area contributed by atoms with E-state index in [1.54, 1.807) is 0 Å². The third-order valence-corrected chi connectivity index (χ3v) is 4.34. The third kappa shape index (κ3) is 1.66. The molecule has 16 heavy (non-hydrogen) atoms. The maximum Gasteiger partial charge on any atom is 0.0392 e. The molecule has 0 aromatic heterocycles. The van der Waals surface area contributed by atoms with E-state index in [0.717, 1.165) is 17.5 Å². The van der Waals surface area contributed by atoms with Gasteiger partial charge in [-0.05, 0) is 55.7 Å². The molecule has 0 amide bonds. The van der Waals surface area contributed by atoms with Gasteiger partial charge in [-0.2, -0.15) is 0 Å². The molecule has 0 aliphatic heterocycles. The Balaban J connectivity index is 1.76. The van der Waals surface area contributed by atoms with Gasteiger partial charge in [0.25, 0.3) is 0 Å². The van der Waals surface area contributed by atoms with Crippen LogP contribution in [0.3, 0.4) is 0 Å². The molecule has 86 valence electrons. The van der Waals surface area contributed by atoms with Gasteiger partial charge in [0.15, 0.2) is 0 Å². The molecule has 1 aromatic rings. The zero-order valence-corrected chi connectivity index (χ0v) is 9.87. The Morgan fingerprint density at radius 2 is 2.12 bits per heavy atom. The minimum atomic E-state index is 0.694. The van der Waals surface area contributed by atoms with E-state index < -0.39 is 0 Å². The molecular formula is C14H20N2. The quantitative estimate of drug-likeness (QED) is 0.745. The van der Waals surface area contributed by atoms with E-state index in [0.29, 0.717) is 6.04 Å². The second-order valence-electron chi connectivity index (χ2n) is 5.50. The lowest BCUT2D eigenvalue weighted by Gasteiger charge is -2.25. The molecule has 2 aliphatic carbocycles. The summed E-state index contributed by atoms with van der Waals surface area (Å²) in [6, 6.07) is 6.84. The van der Waals surface area contributed by atoms with Gasteiger partial charge in [0.2, 0.25) is 0 Å². The molecule has 2 fully saturated rings. The van der Waals surface area contributed by atoms with Crippen molar-refractivity contribution in [1.29, 1.82) is 0 Å². The number of nitrogens with one attached hydrogen (secondary N) is 1. The molecule has 1 aromatic carbocycles. The van der Waals surface area contributed by atoms with Crippen LogP contribution in [0.25, 0.3) is 0 Å². The number of nitrogens with two attached hydrogens (primary N) is 1. The number of hydrogen-bond donors (Lipinski definition) is 2. The van der Waals surface area contributed by atoms with E-state index in [-0.39, 0.29) is 0 Å². The average Bonchev–Trinajstić information content (AvgIpc) is 2.85. The lowest BCUT2D eigenvalue weighted by atomic mass is 9.95. The maximum atomic E-state index is 5.84. The molecule has 2 aliphatic rings. The predicted molar refractivity (Wildman–Crippen MR) is 68.5 cm³/mol. The van der Waals surface area contributed by atoms with E-state index in [9.17, 15) is 0 Å². The molecule has 0 heterocycles. The lowest BCUT2D eigenvalue weighted by molar-refractivity contribution is 0.439. The zero-order valence-electron chi connectivity index (χ0n) is 9.87. The summed E-state index contributed by atoms with van der Waals surface area (Å²) in [4.78, 5) is 0. The number of hydrogen-bond acceptors (Lipinski definition) is 2. The molecule has 2 bridgehead atoms. The molecule has 0 spiro atoms. The Morgan fingerprint density at radius 3 is 2.81 bits per heavy atom. The molecule has 3 atom stereocenters. The highest BCUT2D eigenvalue weighted by Crippen LogP contribution is 2.45. The normalized spacial score (nSPS) is 31.9. The lowest BCUT2D eigenvalue weighted by Crippen LogP contribution is -2.26. The average molecular weight is 216 g/mol. The molecule has 2 saturated carbocycles. The van der Waals surface area contributed by atoms with Crippen molar-refractivity contribution >= 4 is 11.4 Å². The summed E-state index contributed by atoms with van der Waals surface area (Å²) in [5.41, 5.74) is 9.23. The molecule has 0 saturated heterocycles. The van der Waals surface area contributed by atoms with Crippen LogP contribution in [0, 0.1) is 18.8 Å². The third-order valence-electron chi connectivity index (χ3n) is 4.34. The van der Waals surface area contributed by atoms with E-state index in [4.69, 9.17) is 5.73 Å². The number of aryl methyl sites for hydroxylation is 1. The van der Waals surface area contributed by atoms with Crippen molar-refractivity contribution in [3.63, 3.8) is 0 Å². The SMILES string of the molecule is Cc1ccc(N)cc1NC1CC2CCC1C2. The largest absolute Gasteiger partial charge is 0.399 e. The van der Waals surface area contributed by atoms with Crippen LogP contribution >= 0.6 is 0 Å². The van der Waals surface area contributed by atoms with Crippen LogP contribution in [0.1, 0.15) is 31.2 Å². The monoisotopic (exact) mass is 216 g/mol. The number of rotatable bonds is 2. The van der Waals surface area contributed by atoms with Crippen molar-refractivity contribution in [2.75, 3.05) is 11.1 Å². The summed E-state index contributed by atoms with van der Waals surface area (Å²) in [6.45, 7) is 2.15. The van der Waals surface area contributed by atoms with Crippen LogP contribution < -0.4 is 11.1 Å². The van der Waals surface area contributed by atoms with Crippen molar-refractivity contribution in [3.05, 3.63) is 23.8 Å². The van der Waals surface area contributed by atoms with Crippen LogP contribution in [0.5, 0.6) is 0 Å². The summed E-state index contributed by atoms with van der Waals surface area (Å²) in [7, 11) is 0. The van der Waals surface area contributed by atoms with Crippen molar-refractivity contribution < 1.29 is 0 Å². The van der Waals surface area contributed by atoms with Gasteiger partial charge >= 0.3 is 0 Å². The number of fused-ring (bicyclic) bond motifs is 2. The van der Waals surface area contributed by atoms with Crippen molar-refractivity contribution in [2.24, 2.45) is 11.8 Å². The molecule has 2 heteroatoms. The second-order valence-corrected chi connectivity index (χ2v) is 5.50. The summed E-state index contributed by atoms with van der Waals surface area (Å²) >= 11 is 0. The Hall–Kier alpha value is -1.18. The topological polar surface area (TPSA) is 38.0 Å². The van der Waals surface area contributed by atoms with Gasteiger partial charge < -0.3 is 11.1 Å². The Kier molecular flexibility index (Phi) is 2.31. The van der Waals surface area contributed by atoms with Gasteiger partial charge in [-0.25, -0.2) is 0 Å². The molecule has 0 radical (unpaired) electrons. The number of benzene rings is 1. The zero-order chi connectivity index (χ0) is 11.1. The molecule has 3 unspecified atom stereocenters. The van der Waals surface area contributed by atoms with Crippen LogP contribution in [0.4, 0.5) is 11.4 Å². The van der Waals surface area contributed by atoms with E-state index in [2.05, 4.69) is 24.4 Å². The maximum absolute atomic E-state index is 5.84. The van der Waals surface area contributed by atoms with Crippen LogP contribution in [-0.2, 0) is 0 Å². The van der Waals surface area contributed by atoms with Crippen molar-refractivity contribution in [2.45, 2.75) is 38.6 Å². The summed E-state index contributed by atoms with van der Waals surface area (Å²) < 4.78 is 0. The smallest absolute Gasteiger partial charge is 0.0392 e. The molecule has 3 N–H and O–H groups in total. The standard InChI is InChI=1S/C14H20N2/c1-9-2-5-12(15)8-13(9)16-14-7-10-3-4-11(14)6-10/h2,5,8,10-11,14,16H,3-4,6-7,15H2,1H3. The van der Waals surface area contributed by atoms with Gasteiger partial charge in [0, 0.05) is 17.4 Å². The van der Waals surface area contributed by atoms with Crippen LogP contribution in [0.15, 0.2) is 18.2 Å². The van der Waals surface area contributed by atoms with Gasteiger partial charge in [0.05, 0.1) is 0 Å². The Bertz CT molecular complexity index is 400. The molecule has 2 nitrogen and oxygen atoms in total. The van der Waals surface area contributed by atoms with Crippen molar-refractivity contribution in [1.82, 2.24) is 0 Å². The fraction of sp³-hybridized carbons (Fsp3) is 0.571. The van der Waals surface area contributed by atoms with Crippen LogP contribution in [0.2, 0.25) is 0 Å². The van der Waals surface area contributed by atoms with Gasteiger partial charge in [0.1, 0.15) is 0 Å². The highest BCUT2D eigenvalue weighted by atomic mass is 14.9. The summed E-state index contributed by atoms with van der Waals surface area (Å²) in [5, 5.41) is 3.70. The minimum absolute atomic E-state index is 0.694. The highest BCUT2D eigenvalue weighted by Gasteiger charge is 2.39. The van der Waals surface area contributed by atoms with E-state index in [1.807, 2.05) is 6.07 Å². The second kappa shape index (κ2) is 3.69. The van der Waals surface area contributed by atoms with Gasteiger partial charge in [-0.1, -0.05) is 12.5 Å². The number of nitrogen functional groups attached to an aromatic ring is 1. The summed E-state index contributed by atoms with van der Waals surface area (Å²) in [5.74, 6) is 1.90. The first-order chi connectivity index (χ1) is 7.72. The molecular weight excluding hydrogens is 196 g/mol. The van der Waals surface area contributed by atoms with Crippen molar-refractivity contribution in [3.8, 4) is 0 Å². The molecule has 3 rings (SSSR count). The fourth-order valence-corrected chi connectivity index (χ4v) is 3.42. The minimum Gasteiger partial charge on any atom is -0.399 e. The van der Waals surface area contributed by atoms with E-state index in [1.165, 1.54) is 36.9 Å².